The summed E-state index contributed by atoms with van der Waals surface area (Å²) in [5.41, 5.74) is 7.16. The molecule has 3 rings (SSSR count). The summed E-state index contributed by atoms with van der Waals surface area (Å²) in [6, 6.07) is 6.88. The molecule has 0 unspecified atom stereocenters. The summed E-state index contributed by atoms with van der Waals surface area (Å²) in [5.74, 6) is 0.297. The number of amidine groups is 1. The van der Waals surface area contributed by atoms with Crippen molar-refractivity contribution in [1.29, 1.82) is 0 Å². The number of pyridine rings is 2. The van der Waals surface area contributed by atoms with E-state index in [1.54, 1.807) is 43.3 Å². The van der Waals surface area contributed by atoms with Crippen LogP contribution in [0.15, 0.2) is 41.7 Å². The van der Waals surface area contributed by atoms with E-state index in [-0.39, 0.29) is 5.91 Å². The Hall–Kier alpha value is -2.61. The molecule has 2 aromatic heterocycles. The molecule has 3 N–H and O–H groups in total. The number of hydrogen-bond acceptors (Lipinski definition) is 7. The highest BCUT2D eigenvalue weighted by Gasteiger charge is 2.34. The van der Waals surface area contributed by atoms with Crippen molar-refractivity contribution >= 4 is 28.5 Å². The number of aliphatic imine (C=N–C) groups is 1. The topological polar surface area (TPSA) is 102 Å². The molecule has 0 radical (unpaired) electrons. The number of aromatic nitrogens is 2. The molecule has 0 spiro atoms. The monoisotopic (exact) mass is 371 g/mol. The van der Waals surface area contributed by atoms with E-state index < -0.39 is 5.54 Å². The molecule has 0 bridgehead atoms. The number of nitrogens with two attached hydrogens (primary N) is 1. The summed E-state index contributed by atoms with van der Waals surface area (Å²) in [5, 5.41) is 3.76. The molecule has 7 nitrogen and oxygen atoms in total. The summed E-state index contributed by atoms with van der Waals surface area (Å²) >= 11 is 1.57. The van der Waals surface area contributed by atoms with Crippen LogP contribution < -0.4 is 15.8 Å². The zero-order chi connectivity index (χ0) is 18.7. The second-order valence-electron chi connectivity index (χ2n) is 6.32. The molecule has 136 valence electrons. The normalized spacial score (nSPS) is 22.4. The summed E-state index contributed by atoms with van der Waals surface area (Å²) in [4.78, 5) is 25.5. The van der Waals surface area contributed by atoms with Gasteiger partial charge in [0.25, 0.3) is 5.91 Å². The number of nitrogens with one attached hydrogen (secondary N) is 1. The van der Waals surface area contributed by atoms with Gasteiger partial charge in [-0.2, -0.15) is 0 Å². The maximum absolute atomic E-state index is 12.4. The van der Waals surface area contributed by atoms with E-state index in [1.165, 1.54) is 6.20 Å². The number of rotatable bonds is 4. The first-order valence-corrected chi connectivity index (χ1v) is 9.07. The molecule has 26 heavy (non-hydrogen) atoms. The number of amides is 1. The molecule has 2 atom stereocenters. The summed E-state index contributed by atoms with van der Waals surface area (Å²) < 4.78 is 5.05. The van der Waals surface area contributed by atoms with E-state index >= 15 is 0 Å². The van der Waals surface area contributed by atoms with E-state index in [0.717, 1.165) is 12.1 Å². The molecule has 0 aromatic carbocycles. The minimum absolute atomic E-state index is 0.300. The number of carbonyl (C=O) groups excluding carboxylic acids is 1. The highest BCUT2D eigenvalue weighted by atomic mass is 32.2. The van der Waals surface area contributed by atoms with Gasteiger partial charge in [-0.3, -0.25) is 9.78 Å². The summed E-state index contributed by atoms with van der Waals surface area (Å²) in [6.07, 6.45) is 3.99. The van der Waals surface area contributed by atoms with Gasteiger partial charge in [-0.05, 0) is 37.6 Å². The Kier molecular flexibility index (Phi) is 5.13. The third-order valence-electron chi connectivity index (χ3n) is 4.14. The maximum Gasteiger partial charge on any atom is 0.274 e. The molecule has 2 aromatic rings. The molecule has 0 fully saturated rings. The van der Waals surface area contributed by atoms with Crippen molar-refractivity contribution in [3.8, 4) is 5.75 Å². The van der Waals surface area contributed by atoms with Gasteiger partial charge in [-0.1, -0.05) is 18.7 Å². The summed E-state index contributed by atoms with van der Waals surface area (Å²) in [6.45, 7) is 4.13. The largest absolute Gasteiger partial charge is 0.495 e. The van der Waals surface area contributed by atoms with E-state index in [1.807, 2.05) is 13.0 Å². The second-order valence-corrected chi connectivity index (χ2v) is 7.78. The minimum Gasteiger partial charge on any atom is -0.495 e. The highest BCUT2D eigenvalue weighted by Crippen LogP contribution is 2.38. The Morgan fingerprint density at radius 2 is 2.19 bits per heavy atom. The van der Waals surface area contributed by atoms with Crippen LogP contribution in [0.1, 0.15) is 36.5 Å². The van der Waals surface area contributed by atoms with Crippen LogP contribution in [0.5, 0.6) is 5.75 Å². The van der Waals surface area contributed by atoms with Gasteiger partial charge >= 0.3 is 0 Å². The van der Waals surface area contributed by atoms with Gasteiger partial charge in [0, 0.05) is 17.1 Å². The number of hydrogen-bond donors (Lipinski definition) is 2. The predicted octanol–water partition coefficient (Wildman–Crippen LogP) is 2.79. The number of nitrogens with zero attached hydrogens (tertiary/aromatic N) is 3. The van der Waals surface area contributed by atoms with E-state index in [4.69, 9.17) is 10.5 Å². The third kappa shape index (κ3) is 3.96. The first kappa shape index (κ1) is 18.2. The maximum atomic E-state index is 12.4. The van der Waals surface area contributed by atoms with Crippen molar-refractivity contribution in [2.24, 2.45) is 10.7 Å². The van der Waals surface area contributed by atoms with Crippen LogP contribution in [-0.2, 0) is 5.54 Å². The standard InChI is InChI=1S/C18H21N5O2S/c1-11-9-18(2,23-17(19)26-11)15-8-12(6-7-20-15)22-16(24)14-5-4-13(25-3)10-21-14/h4-8,10-11H,9H2,1-3H3,(H2,19,23)(H,20,22,24)/t11-,18+/m1/s1. The lowest BCUT2D eigenvalue weighted by Gasteiger charge is -2.32. The van der Waals surface area contributed by atoms with Crippen LogP contribution in [0, 0.1) is 0 Å². The van der Waals surface area contributed by atoms with Gasteiger partial charge in [-0.15, -0.1) is 0 Å². The second kappa shape index (κ2) is 7.33. The van der Waals surface area contributed by atoms with Gasteiger partial charge in [-0.25, -0.2) is 9.98 Å². The molecular weight excluding hydrogens is 350 g/mol. The smallest absolute Gasteiger partial charge is 0.274 e. The summed E-state index contributed by atoms with van der Waals surface area (Å²) in [7, 11) is 1.55. The molecule has 3 heterocycles. The SMILES string of the molecule is COc1ccc(C(=O)Nc2ccnc([C@]3(C)C[C@@H](C)SC(N)=N3)c2)nc1. The lowest BCUT2D eigenvalue weighted by atomic mass is 9.91. The first-order chi connectivity index (χ1) is 12.4. The van der Waals surface area contributed by atoms with Crippen molar-refractivity contribution in [2.45, 2.75) is 31.1 Å². The number of thioether (sulfide) groups is 1. The van der Waals surface area contributed by atoms with Gasteiger partial charge in [0.1, 0.15) is 17.0 Å². The van der Waals surface area contributed by atoms with Crippen molar-refractivity contribution in [1.82, 2.24) is 9.97 Å². The molecule has 0 saturated heterocycles. The average molecular weight is 371 g/mol. The van der Waals surface area contributed by atoms with Crippen molar-refractivity contribution < 1.29 is 9.53 Å². The Morgan fingerprint density at radius 1 is 1.38 bits per heavy atom. The first-order valence-electron chi connectivity index (χ1n) is 8.19. The Bertz CT molecular complexity index is 840. The zero-order valence-corrected chi connectivity index (χ0v) is 15.7. The van der Waals surface area contributed by atoms with Crippen molar-refractivity contribution in [2.75, 3.05) is 12.4 Å². The fourth-order valence-corrected chi connectivity index (χ4v) is 3.99. The minimum atomic E-state index is -0.506. The molecule has 1 aliphatic rings. The number of methoxy groups -OCH3 is 1. The number of carbonyl (C=O) groups is 1. The Balaban J connectivity index is 1.81. The van der Waals surface area contributed by atoms with Crippen molar-refractivity contribution in [3.05, 3.63) is 48.0 Å². The fraction of sp³-hybridized carbons (Fsp3) is 0.333. The van der Waals surface area contributed by atoms with Gasteiger partial charge in [0.2, 0.25) is 0 Å². The van der Waals surface area contributed by atoms with E-state index in [9.17, 15) is 4.79 Å². The molecule has 0 aliphatic carbocycles. The molecule has 1 aliphatic heterocycles. The molecular formula is C18H21N5O2S. The average Bonchev–Trinajstić information content (AvgIpc) is 2.61. The zero-order valence-electron chi connectivity index (χ0n) is 14.9. The van der Waals surface area contributed by atoms with Crippen molar-refractivity contribution in [3.63, 3.8) is 0 Å². The van der Waals surface area contributed by atoms with Gasteiger partial charge in [0.15, 0.2) is 5.17 Å². The number of anilines is 1. The Morgan fingerprint density at radius 3 is 2.85 bits per heavy atom. The molecule has 1 amide bonds. The predicted molar refractivity (Wildman–Crippen MR) is 104 cm³/mol. The Labute approximate surface area is 156 Å². The van der Waals surface area contributed by atoms with Crippen LogP contribution in [0.3, 0.4) is 0 Å². The van der Waals surface area contributed by atoms with Gasteiger partial charge in [0.05, 0.1) is 19.0 Å². The van der Waals surface area contributed by atoms with Crippen LogP contribution in [0.4, 0.5) is 5.69 Å². The quantitative estimate of drug-likeness (QED) is 0.857. The lowest BCUT2D eigenvalue weighted by molar-refractivity contribution is 0.102. The van der Waals surface area contributed by atoms with E-state index in [2.05, 4.69) is 27.2 Å². The van der Waals surface area contributed by atoms with Crippen LogP contribution in [0.2, 0.25) is 0 Å². The van der Waals surface area contributed by atoms with Gasteiger partial charge < -0.3 is 15.8 Å². The van der Waals surface area contributed by atoms with Crippen LogP contribution in [0.25, 0.3) is 0 Å². The fourth-order valence-electron chi connectivity index (χ4n) is 2.92. The number of ether oxygens (including phenoxy) is 1. The third-order valence-corrected chi connectivity index (χ3v) is 5.04. The van der Waals surface area contributed by atoms with Crippen LogP contribution >= 0.6 is 11.8 Å². The lowest BCUT2D eigenvalue weighted by Crippen LogP contribution is -2.33. The van der Waals surface area contributed by atoms with Crippen LogP contribution in [-0.4, -0.2) is 33.4 Å². The van der Waals surface area contributed by atoms with E-state index in [0.29, 0.717) is 27.5 Å². The molecule has 8 heteroatoms. The molecule has 0 saturated carbocycles. The highest BCUT2D eigenvalue weighted by molar-refractivity contribution is 8.14.